The maximum absolute atomic E-state index is 13.8. The van der Waals surface area contributed by atoms with Crippen LogP contribution in [0.1, 0.15) is 17.5 Å². The van der Waals surface area contributed by atoms with Gasteiger partial charge in [0.05, 0.1) is 0 Å². The molecule has 1 heterocycles. The van der Waals surface area contributed by atoms with Crippen LogP contribution < -0.4 is 10.6 Å². The van der Waals surface area contributed by atoms with Gasteiger partial charge in [-0.15, -0.1) is 0 Å². The molecule has 0 amide bonds. The number of rotatable bonds is 2. The molecule has 0 unspecified atom stereocenters. The molecule has 0 bridgehead atoms. The van der Waals surface area contributed by atoms with E-state index in [1.165, 1.54) is 17.7 Å². The van der Waals surface area contributed by atoms with Crippen LogP contribution in [0.2, 0.25) is 0 Å². The molecule has 0 atom stereocenters. The van der Waals surface area contributed by atoms with Crippen LogP contribution in [0, 0.1) is 11.6 Å². The molecule has 2 aromatic carbocycles. The number of anilines is 2. The minimum Gasteiger partial charge on any atom is -0.399 e. The van der Waals surface area contributed by atoms with Gasteiger partial charge in [0.2, 0.25) is 0 Å². The van der Waals surface area contributed by atoms with E-state index in [0.717, 1.165) is 31.1 Å². The average Bonchev–Trinajstić information content (AvgIpc) is 2.42. The van der Waals surface area contributed by atoms with E-state index in [9.17, 15) is 8.78 Å². The van der Waals surface area contributed by atoms with Crippen LogP contribution in [0.4, 0.5) is 20.2 Å². The quantitative estimate of drug-likeness (QED) is 0.849. The van der Waals surface area contributed by atoms with Crippen molar-refractivity contribution in [3.8, 4) is 0 Å². The number of nitrogens with two attached hydrogens (primary N) is 1. The molecule has 2 aromatic rings. The van der Waals surface area contributed by atoms with E-state index in [2.05, 4.69) is 4.90 Å². The third-order valence-electron chi connectivity index (χ3n) is 3.70. The zero-order valence-corrected chi connectivity index (χ0v) is 11.1. The number of benzene rings is 2. The Morgan fingerprint density at radius 1 is 1.10 bits per heavy atom. The first kappa shape index (κ1) is 12.9. The lowest BCUT2D eigenvalue weighted by Crippen LogP contribution is -2.29. The molecule has 20 heavy (non-hydrogen) atoms. The van der Waals surface area contributed by atoms with E-state index in [1.54, 1.807) is 0 Å². The number of hydrogen-bond acceptors (Lipinski definition) is 2. The summed E-state index contributed by atoms with van der Waals surface area (Å²) in [7, 11) is 0. The topological polar surface area (TPSA) is 29.3 Å². The summed E-state index contributed by atoms with van der Waals surface area (Å²) >= 11 is 0. The van der Waals surface area contributed by atoms with Gasteiger partial charge in [-0.25, -0.2) is 8.78 Å². The molecule has 0 aliphatic carbocycles. The second-order valence-corrected chi connectivity index (χ2v) is 5.15. The highest BCUT2D eigenvalue weighted by atomic mass is 19.1. The van der Waals surface area contributed by atoms with E-state index >= 15 is 0 Å². The van der Waals surface area contributed by atoms with Crippen molar-refractivity contribution < 1.29 is 8.78 Å². The fourth-order valence-electron chi connectivity index (χ4n) is 2.69. The summed E-state index contributed by atoms with van der Waals surface area (Å²) in [5.41, 5.74) is 9.33. The Labute approximate surface area is 116 Å². The molecule has 2 nitrogen and oxygen atoms in total. The van der Waals surface area contributed by atoms with Gasteiger partial charge in [0.25, 0.3) is 0 Å². The van der Waals surface area contributed by atoms with Crippen molar-refractivity contribution >= 4 is 11.4 Å². The van der Waals surface area contributed by atoms with Gasteiger partial charge < -0.3 is 10.6 Å². The van der Waals surface area contributed by atoms with Crippen LogP contribution in [0.3, 0.4) is 0 Å². The largest absolute Gasteiger partial charge is 0.399 e. The highest BCUT2D eigenvalue weighted by Crippen LogP contribution is 2.30. The lowest BCUT2D eigenvalue weighted by atomic mass is 10.0. The third-order valence-corrected chi connectivity index (χ3v) is 3.70. The molecule has 1 aliphatic heterocycles. The first-order valence-corrected chi connectivity index (χ1v) is 6.71. The second kappa shape index (κ2) is 5.12. The van der Waals surface area contributed by atoms with Crippen molar-refractivity contribution in [2.24, 2.45) is 0 Å². The summed E-state index contributed by atoms with van der Waals surface area (Å²) in [6, 6.07) is 9.57. The molecule has 3 rings (SSSR count). The van der Waals surface area contributed by atoms with Crippen molar-refractivity contribution in [1.29, 1.82) is 0 Å². The van der Waals surface area contributed by atoms with E-state index in [0.29, 0.717) is 17.8 Å². The maximum atomic E-state index is 13.8. The monoisotopic (exact) mass is 274 g/mol. The number of fused-ring (bicyclic) bond motifs is 1. The van der Waals surface area contributed by atoms with Gasteiger partial charge >= 0.3 is 0 Å². The molecule has 4 heteroatoms. The molecule has 1 aliphatic rings. The van der Waals surface area contributed by atoms with Gasteiger partial charge in [-0.1, -0.05) is 12.1 Å². The van der Waals surface area contributed by atoms with E-state index in [1.807, 2.05) is 18.2 Å². The fraction of sp³-hybridized carbons (Fsp3) is 0.250. The van der Waals surface area contributed by atoms with Gasteiger partial charge in [-0.2, -0.15) is 0 Å². The molecular weight excluding hydrogens is 258 g/mol. The summed E-state index contributed by atoms with van der Waals surface area (Å²) in [6.07, 6.45) is 2.04. The standard InChI is InChI=1S/C16H16F2N2/c17-13-5-3-12(15(18)8-13)10-20-7-1-2-11-4-6-14(19)9-16(11)20/h3-6,8-9H,1-2,7,10,19H2. The summed E-state index contributed by atoms with van der Waals surface area (Å²) in [6.45, 7) is 1.29. The molecular formula is C16H16F2N2. The highest BCUT2D eigenvalue weighted by molar-refractivity contribution is 5.62. The molecule has 0 radical (unpaired) electrons. The van der Waals surface area contributed by atoms with Crippen molar-refractivity contribution in [3.63, 3.8) is 0 Å². The normalized spacial score (nSPS) is 14.2. The SMILES string of the molecule is Nc1ccc2c(c1)N(Cc1ccc(F)cc1F)CCC2. The van der Waals surface area contributed by atoms with E-state index < -0.39 is 11.6 Å². The van der Waals surface area contributed by atoms with Crippen LogP contribution in [-0.2, 0) is 13.0 Å². The predicted molar refractivity (Wildman–Crippen MR) is 76.6 cm³/mol. The van der Waals surface area contributed by atoms with E-state index in [4.69, 9.17) is 5.73 Å². The Morgan fingerprint density at radius 2 is 1.95 bits per heavy atom. The smallest absolute Gasteiger partial charge is 0.131 e. The molecule has 104 valence electrons. The van der Waals surface area contributed by atoms with Crippen molar-refractivity contribution in [2.45, 2.75) is 19.4 Å². The molecule has 0 saturated carbocycles. The zero-order valence-electron chi connectivity index (χ0n) is 11.1. The molecule has 0 aromatic heterocycles. The number of halogens is 2. The Hall–Kier alpha value is -2.10. The minimum absolute atomic E-state index is 0.433. The number of nitrogen functional groups attached to an aromatic ring is 1. The first-order valence-electron chi connectivity index (χ1n) is 6.71. The van der Waals surface area contributed by atoms with Crippen LogP contribution in [0.25, 0.3) is 0 Å². The van der Waals surface area contributed by atoms with E-state index in [-0.39, 0.29) is 0 Å². The maximum Gasteiger partial charge on any atom is 0.131 e. The van der Waals surface area contributed by atoms with Crippen LogP contribution in [-0.4, -0.2) is 6.54 Å². The molecule has 2 N–H and O–H groups in total. The summed E-state index contributed by atoms with van der Waals surface area (Å²) in [5.74, 6) is -1.05. The Balaban J connectivity index is 1.91. The third kappa shape index (κ3) is 2.46. The van der Waals surface area contributed by atoms with Gasteiger partial charge in [0.1, 0.15) is 11.6 Å². The van der Waals surface area contributed by atoms with Gasteiger partial charge in [-0.3, -0.25) is 0 Å². The summed E-state index contributed by atoms with van der Waals surface area (Å²) < 4.78 is 26.7. The summed E-state index contributed by atoms with van der Waals surface area (Å²) in [4.78, 5) is 2.10. The predicted octanol–water partition coefficient (Wildman–Crippen LogP) is 3.50. The fourth-order valence-corrected chi connectivity index (χ4v) is 2.69. The molecule has 0 saturated heterocycles. The van der Waals surface area contributed by atoms with Crippen LogP contribution in [0.5, 0.6) is 0 Å². The molecule has 0 fully saturated rings. The Morgan fingerprint density at radius 3 is 2.75 bits per heavy atom. The van der Waals surface area contributed by atoms with Gasteiger partial charge in [0, 0.05) is 36.1 Å². The molecule has 0 spiro atoms. The lowest BCUT2D eigenvalue weighted by molar-refractivity contribution is 0.566. The number of aryl methyl sites for hydroxylation is 1. The van der Waals surface area contributed by atoms with Gasteiger partial charge in [-0.05, 0) is 36.6 Å². The highest BCUT2D eigenvalue weighted by Gasteiger charge is 2.18. The lowest BCUT2D eigenvalue weighted by Gasteiger charge is -2.31. The number of nitrogens with zero attached hydrogens (tertiary/aromatic N) is 1. The van der Waals surface area contributed by atoms with Gasteiger partial charge in [0.15, 0.2) is 0 Å². The summed E-state index contributed by atoms with van der Waals surface area (Å²) in [5, 5.41) is 0. The minimum atomic E-state index is -0.547. The van der Waals surface area contributed by atoms with Crippen molar-refractivity contribution in [3.05, 3.63) is 59.2 Å². The van der Waals surface area contributed by atoms with Crippen LogP contribution >= 0.6 is 0 Å². The first-order chi connectivity index (χ1) is 9.63. The van der Waals surface area contributed by atoms with Crippen molar-refractivity contribution in [1.82, 2.24) is 0 Å². The van der Waals surface area contributed by atoms with Crippen molar-refractivity contribution in [2.75, 3.05) is 17.2 Å². The average molecular weight is 274 g/mol. The van der Waals surface area contributed by atoms with Crippen LogP contribution in [0.15, 0.2) is 36.4 Å². The second-order valence-electron chi connectivity index (χ2n) is 5.15. The Kier molecular flexibility index (Phi) is 3.30. The zero-order chi connectivity index (χ0) is 14.1. The Bertz CT molecular complexity index is 640. The number of hydrogen-bond donors (Lipinski definition) is 1.